The Morgan fingerprint density at radius 1 is 1.07 bits per heavy atom. The predicted molar refractivity (Wildman–Crippen MR) is 107 cm³/mol. The van der Waals surface area contributed by atoms with Crippen molar-refractivity contribution in [1.82, 2.24) is 0 Å². The van der Waals surface area contributed by atoms with Crippen molar-refractivity contribution < 1.29 is 25.2 Å². The summed E-state index contributed by atoms with van der Waals surface area (Å²) < 4.78 is 0. The van der Waals surface area contributed by atoms with Gasteiger partial charge in [0.05, 0.1) is 18.3 Å². The molecule has 0 unspecified atom stereocenters. The lowest BCUT2D eigenvalue weighted by atomic mass is 9.89. The van der Waals surface area contributed by atoms with E-state index in [0.29, 0.717) is 25.7 Å². The Balaban J connectivity index is 2.49. The fourth-order valence-corrected chi connectivity index (χ4v) is 3.29. The number of rotatable bonds is 12. The second kappa shape index (κ2) is 13.5. The van der Waals surface area contributed by atoms with Crippen molar-refractivity contribution in [1.29, 1.82) is 0 Å². The number of carbonyl (C=O) groups is 1. The molecule has 5 atom stereocenters. The summed E-state index contributed by atoms with van der Waals surface area (Å²) in [7, 11) is 0. The van der Waals surface area contributed by atoms with E-state index in [-0.39, 0.29) is 18.3 Å². The lowest BCUT2D eigenvalue weighted by Gasteiger charge is -2.19. The second-order valence-corrected chi connectivity index (χ2v) is 7.03. The highest BCUT2D eigenvalue weighted by Crippen LogP contribution is 2.36. The highest BCUT2D eigenvalue weighted by molar-refractivity contribution is 5.66. The van der Waals surface area contributed by atoms with E-state index in [9.17, 15) is 20.1 Å². The summed E-state index contributed by atoms with van der Waals surface area (Å²) in [5.74, 6) is -1.07. The van der Waals surface area contributed by atoms with Crippen molar-refractivity contribution in [2.45, 2.75) is 70.2 Å². The molecule has 1 saturated carbocycles. The average Bonchev–Trinajstić information content (AvgIpc) is 2.88. The van der Waals surface area contributed by atoms with Crippen molar-refractivity contribution in [3.8, 4) is 0 Å². The first-order valence-electron chi connectivity index (χ1n) is 9.85. The Labute approximate surface area is 162 Å². The molecule has 1 aliphatic carbocycles. The molecule has 5 nitrogen and oxygen atoms in total. The van der Waals surface area contributed by atoms with E-state index in [2.05, 4.69) is 25.2 Å². The molecular formula is C22H34O5. The molecule has 0 heterocycles. The summed E-state index contributed by atoms with van der Waals surface area (Å²) in [5.41, 5.74) is 0. The molecule has 152 valence electrons. The first-order chi connectivity index (χ1) is 13.0. The van der Waals surface area contributed by atoms with E-state index in [1.165, 1.54) is 0 Å². The molecule has 0 radical (unpaired) electrons. The first-order valence-corrected chi connectivity index (χ1v) is 9.85. The average molecular weight is 379 g/mol. The van der Waals surface area contributed by atoms with Crippen molar-refractivity contribution in [2.24, 2.45) is 11.8 Å². The standard InChI is InChI=1S/C22H34O5/c1-2-3-4-5-6-9-12-18-19(21(25)16-20(18)24)15-14-17(23)11-8-7-10-13-22(26)27/h3-4,6-9,14-15,17-21,23-25H,2,5,10-13,16H2,1H3,(H,26,27)/b4-3-,8-7-,9-6-,15-14+/t17-,18+,19-,20-,21+/m1/s1. The van der Waals surface area contributed by atoms with Gasteiger partial charge in [-0.1, -0.05) is 55.5 Å². The van der Waals surface area contributed by atoms with E-state index in [1.807, 2.05) is 12.2 Å². The Kier molecular flexibility index (Phi) is 11.7. The minimum absolute atomic E-state index is 0.0547. The third-order valence-corrected chi connectivity index (χ3v) is 4.79. The number of aliphatic carboxylic acids is 1. The minimum atomic E-state index is -0.838. The van der Waals surface area contributed by atoms with Gasteiger partial charge in [0.15, 0.2) is 0 Å². The van der Waals surface area contributed by atoms with Crippen LogP contribution in [0.15, 0.2) is 48.6 Å². The fraction of sp³-hybridized carbons (Fsp3) is 0.591. The van der Waals surface area contributed by atoms with Crippen LogP contribution in [0.1, 0.15) is 51.9 Å². The molecule has 0 bridgehead atoms. The van der Waals surface area contributed by atoms with Crippen molar-refractivity contribution in [2.75, 3.05) is 0 Å². The van der Waals surface area contributed by atoms with Crippen molar-refractivity contribution in [3.63, 3.8) is 0 Å². The zero-order chi connectivity index (χ0) is 20.1. The van der Waals surface area contributed by atoms with Gasteiger partial charge in [-0.05, 0) is 38.0 Å². The molecule has 0 amide bonds. The maximum Gasteiger partial charge on any atom is 0.303 e. The lowest BCUT2D eigenvalue weighted by molar-refractivity contribution is -0.136. The van der Waals surface area contributed by atoms with Crippen LogP contribution in [0.25, 0.3) is 0 Å². The number of aliphatic hydroxyl groups is 3. The van der Waals surface area contributed by atoms with E-state index < -0.39 is 24.3 Å². The number of carboxylic acid groups (broad SMARTS) is 1. The van der Waals surface area contributed by atoms with Gasteiger partial charge in [-0.3, -0.25) is 4.79 Å². The molecule has 1 rings (SSSR count). The fourth-order valence-electron chi connectivity index (χ4n) is 3.29. The molecule has 5 heteroatoms. The van der Waals surface area contributed by atoms with Gasteiger partial charge in [0.25, 0.3) is 0 Å². The summed E-state index contributed by atoms with van der Waals surface area (Å²) in [4.78, 5) is 10.4. The molecule has 0 saturated heterocycles. The summed E-state index contributed by atoms with van der Waals surface area (Å²) in [5, 5.41) is 39.0. The number of aliphatic hydroxyl groups excluding tert-OH is 3. The minimum Gasteiger partial charge on any atom is -0.481 e. The van der Waals surface area contributed by atoms with E-state index in [0.717, 1.165) is 12.8 Å². The Morgan fingerprint density at radius 3 is 2.52 bits per heavy atom. The first kappa shape index (κ1) is 23.3. The van der Waals surface area contributed by atoms with Gasteiger partial charge in [0.1, 0.15) is 0 Å². The number of carboxylic acids is 1. The van der Waals surface area contributed by atoms with Crippen LogP contribution in [0.2, 0.25) is 0 Å². The van der Waals surface area contributed by atoms with Crippen LogP contribution < -0.4 is 0 Å². The Hall–Kier alpha value is -1.69. The summed E-state index contributed by atoms with van der Waals surface area (Å²) in [6.45, 7) is 2.09. The molecule has 27 heavy (non-hydrogen) atoms. The van der Waals surface area contributed by atoms with E-state index in [1.54, 1.807) is 18.2 Å². The maximum atomic E-state index is 10.4. The third kappa shape index (κ3) is 9.70. The monoisotopic (exact) mass is 378 g/mol. The Morgan fingerprint density at radius 2 is 1.81 bits per heavy atom. The number of hydrogen-bond acceptors (Lipinski definition) is 4. The van der Waals surface area contributed by atoms with Crippen molar-refractivity contribution >= 4 is 5.97 Å². The summed E-state index contributed by atoms with van der Waals surface area (Å²) >= 11 is 0. The van der Waals surface area contributed by atoms with Gasteiger partial charge in [0.2, 0.25) is 0 Å². The summed E-state index contributed by atoms with van der Waals surface area (Å²) in [6, 6.07) is 0. The van der Waals surface area contributed by atoms with Crippen LogP contribution in [-0.2, 0) is 4.79 Å². The van der Waals surface area contributed by atoms with Gasteiger partial charge in [-0.2, -0.15) is 0 Å². The van der Waals surface area contributed by atoms with Crippen molar-refractivity contribution in [3.05, 3.63) is 48.6 Å². The normalized spacial score (nSPS) is 27.6. The van der Waals surface area contributed by atoms with Crippen LogP contribution >= 0.6 is 0 Å². The molecule has 1 fully saturated rings. The van der Waals surface area contributed by atoms with Crippen LogP contribution in [0.3, 0.4) is 0 Å². The predicted octanol–water partition coefficient (Wildman–Crippen LogP) is 3.38. The third-order valence-electron chi connectivity index (χ3n) is 4.79. The Bertz CT molecular complexity index is 535. The van der Waals surface area contributed by atoms with Gasteiger partial charge >= 0.3 is 5.97 Å². The van der Waals surface area contributed by atoms with Gasteiger partial charge < -0.3 is 20.4 Å². The zero-order valence-electron chi connectivity index (χ0n) is 16.2. The van der Waals surface area contributed by atoms with Gasteiger partial charge in [-0.25, -0.2) is 0 Å². The highest BCUT2D eigenvalue weighted by atomic mass is 16.4. The molecule has 0 aromatic carbocycles. The van der Waals surface area contributed by atoms with Crippen LogP contribution in [0.5, 0.6) is 0 Å². The zero-order valence-corrected chi connectivity index (χ0v) is 16.2. The van der Waals surface area contributed by atoms with Crippen LogP contribution in [0.4, 0.5) is 0 Å². The molecule has 0 aromatic heterocycles. The van der Waals surface area contributed by atoms with E-state index in [4.69, 9.17) is 5.11 Å². The largest absolute Gasteiger partial charge is 0.481 e. The molecule has 1 aliphatic rings. The lowest BCUT2D eigenvalue weighted by Crippen LogP contribution is -2.20. The quantitative estimate of drug-likeness (QED) is 0.390. The molecular weight excluding hydrogens is 344 g/mol. The SMILES string of the molecule is CC/C=C\C/C=C\C[C@H]1[C@@H](/C=C/[C@H](O)C/C=C\CCC(=O)O)[C@@H](O)C[C@H]1O. The molecule has 0 aromatic rings. The van der Waals surface area contributed by atoms with Crippen LogP contribution in [0, 0.1) is 11.8 Å². The smallest absolute Gasteiger partial charge is 0.303 e. The summed E-state index contributed by atoms with van der Waals surface area (Å²) in [6.07, 6.45) is 17.4. The maximum absolute atomic E-state index is 10.4. The second-order valence-electron chi connectivity index (χ2n) is 7.03. The van der Waals surface area contributed by atoms with E-state index >= 15 is 0 Å². The van der Waals surface area contributed by atoms with Gasteiger partial charge in [-0.15, -0.1) is 0 Å². The topological polar surface area (TPSA) is 98.0 Å². The number of hydrogen-bond donors (Lipinski definition) is 4. The van der Waals surface area contributed by atoms with Gasteiger partial charge in [0, 0.05) is 18.8 Å². The highest BCUT2D eigenvalue weighted by Gasteiger charge is 2.39. The van der Waals surface area contributed by atoms with Crippen LogP contribution in [-0.4, -0.2) is 44.7 Å². The molecule has 4 N–H and O–H groups in total. The molecule has 0 aliphatic heterocycles. The molecule has 0 spiro atoms. The number of allylic oxidation sites excluding steroid dienone is 5.